The van der Waals surface area contributed by atoms with Crippen molar-refractivity contribution in [2.75, 3.05) is 11.1 Å². The smallest absolute Gasteiger partial charge is 0.234 e. The molecule has 1 amide bonds. The Bertz CT molecular complexity index is 965. The summed E-state index contributed by atoms with van der Waals surface area (Å²) in [6.45, 7) is 1.89. The van der Waals surface area contributed by atoms with Crippen molar-refractivity contribution in [3.8, 4) is 5.75 Å². The van der Waals surface area contributed by atoms with E-state index < -0.39 is 0 Å². The van der Waals surface area contributed by atoms with E-state index in [1.54, 1.807) is 12.1 Å². The first-order chi connectivity index (χ1) is 13.4. The molecule has 1 atom stereocenters. The lowest BCUT2D eigenvalue weighted by molar-refractivity contribution is -0.113. The summed E-state index contributed by atoms with van der Waals surface area (Å²) in [6, 6.07) is 14.6. The molecular weight excluding hydrogens is 464 g/mol. The second-order valence-electron chi connectivity index (χ2n) is 5.96. The third-order valence-electron chi connectivity index (χ3n) is 3.80. The molecule has 146 valence electrons. The van der Waals surface area contributed by atoms with E-state index in [4.69, 9.17) is 16.3 Å². The number of amides is 1. The van der Waals surface area contributed by atoms with E-state index in [-0.39, 0.29) is 17.8 Å². The summed E-state index contributed by atoms with van der Waals surface area (Å²) in [5.74, 6) is 1.44. The molecule has 9 heteroatoms. The first kappa shape index (κ1) is 20.7. The minimum absolute atomic E-state index is 0.111. The molecule has 0 aliphatic rings. The Hall–Kier alpha value is -2.03. The Morgan fingerprint density at radius 3 is 2.75 bits per heavy atom. The van der Waals surface area contributed by atoms with Gasteiger partial charge in [-0.15, -0.1) is 10.2 Å². The van der Waals surface area contributed by atoms with Gasteiger partial charge in [0, 0.05) is 22.2 Å². The number of nitrogens with zero attached hydrogens (tertiary/aromatic N) is 3. The fourth-order valence-electron chi connectivity index (χ4n) is 2.46. The van der Waals surface area contributed by atoms with Gasteiger partial charge in [0.15, 0.2) is 17.1 Å². The molecule has 3 rings (SSSR count). The van der Waals surface area contributed by atoms with Gasteiger partial charge < -0.3 is 14.6 Å². The molecule has 2 aromatic carbocycles. The largest absolute Gasteiger partial charge is 0.483 e. The number of carbonyl (C=O) groups is 1. The molecule has 6 nitrogen and oxygen atoms in total. The average molecular weight is 482 g/mol. The molecule has 0 aliphatic carbocycles. The predicted molar refractivity (Wildman–Crippen MR) is 115 cm³/mol. The Balaban J connectivity index is 1.57. The van der Waals surface area contributed by atoms with Crippen LogP contribution in [0.15, 0.2) is 58.2 Å². The minimum atomic E-state index is -0.318. The van der Waals surface area contributed by atoms with Crippen molar-refractivity contribution in [1.29, 1.82) is 0 Å². The van der Waals surface area contributed by atoms with Crippen molar-refractivity contribution in [2.45, 2.75) is 18.2 Å². The zero-order chi connectivity index (χ0) is 20.1. The number of anilines is 1. The van der Waals surface area contributed by atoms with Crippen LogP contribution in [0.25, 0.3) is 0 Å². The Labute approximate surface area is 180 Å². The molecule has 0 spiro atoms. The Morgan fingerprint density at radius 2 is 2.04 bits per heavy atom. The van der Waals surface area contributed by atoms with Gasteiger partial charge in [0.25, 0.3) is 0 Å². The summed E-state index contributed by atoms with van der Waals surface area (Å²) in [5, 5.41) is 12.5. The molecule has 1 aromatic heterocycles. The van der Waals surface area contributed by atoms with E-state index in [9.17, 15) is 4.79 Å². The maximum absolute atomic E-state index is 12.2. The lowest BCUT2D eigenvalue weighted by atomic mass is 10.3. The van der Waals surface area contributed by atoms with Gasteiger partial charge in [-0.1, -0.05) is 45.4 Å². The lowest BCUT2D eigenvalue weighted by Gasteiger charge is -2.14. The highest BCUT2D eigenvalue weighted by molar-refractivity contribution is 9.10. The highest BCUT2D eigenvalue weighted by atomic mass is 79.9. The van der Waals surface area contributed by atoms with Crippen molar-refractivity contribution in [2.24, 2.45) is 7.05 Å². The van der Waals surface area contributed by atoms with E-state index in [2.05, 4.69) is 31.4 Å². The summed E-state index contributed by atoms with van der Waals surface area (Å²) in [4.78, 5) is 12.2. The maximum Gasteiger partial charge on any atom is 0.234 e. The summed E-state index contributed by atoms with van der Waals surface area (Å²) in [7, 11) is 1.85. The topological polar surface area (TPSA) is 69.0 Å². The quantitative estimate of drug-likeness (QED) is 0.475. The fraction of sp³-hybridized carbons (Fsp3) is 0.211. The van der Waals surface area contributed by atoms with Gasteiger partial charge >= 0.3 is 0 Å². The third-order valence-corrected chi connectivity index (χ3v) is 5.59. The van der Waals surface area contributed by atoms with Crippen molar-refractivity contribution >= 4 is 50.9 Å². The summed E-state index contributed by atoms with van der Waals surface area (Å²) < 4.78 is 8.67. The number of aromatic nitrogens is 3. The Morgan fingerprint density at radius 1 is 1.29 bits per heavy atom. The number of rotatable bonds is 7. The van der Waals surface area contributed by atoms with Crippen molar-refractivity contribution in [1.82, 2.24) is 14.8 Å². The zero-order valence-electron chi connectivity index (χ0n) is 15.2. The molecule has 3 aromatic rings. The molecular formula is C19H18BrClN4O2S. The lowest BCUT2D eigenvalue weighted by Crippen LogP contribution is -2.14. The summed E-state index contributed by atoms with van der Waals surface area (Å²) in [6.07, 6.45) is -0.318. The minimum Gasteiger partial charge on any atom is -0.483 e. The van der Waals surface area contributed by atoms with Crippen LogP contribution in [0.4, 0.5) is 5.69 Å². The van der Waals surface area contributed by atoms with Crippen molar-refractivity contribution < 1.29 is 9.53 Å². The summed E-state index contributed by atoms with van der Waals surface area (Å²) >= 11 is 10.7. The number of benzene rings is 2. The normalized spacial score (nSPS) is 11.9. The van der Waals surface area contributed by atoms with Crippen LogP contribution in [0.5, 0.6) is 5.75 Å². The number of thioether (sulfide) groups is 1. The van der Waals surface area contributed by atoms with Crippen LogP contribution in [0.1, 0.15) is 18.9 Å². The van der Waals surface area contributed by atoms with Gasteiger partial charge in [-0.25, -0.2) is 0 Å². The predicted octanol–water partition coefficient (Wildman–Crippen LogP) is 5.10. The first-order valence-electron chi connectivity index (χ1n) is 8.42. The second-order valence-corrected chi connectivity index (χ2v) is 8.26. The first-order valence-corrected chi connectivity index (χ1v) is 10.6. The molecule has 0 saturated heterocycles. The summed E-state index contributed by atoms with van der Waals surface area (Å²) in [5.41, 5.74) is 0.746. The van der Waals surface area contributed by atoms with E-state index in [1.165, 1.54) is 11.8 Å². The second kappa shape index (κ2) is 9.45. The molecule has 0 bridgehead atoms. The van der Waals surface area contributed by atoms with Gasteiger partial charge in [-0.3, -0.25) is 4.79 Å². The monoisotopic (exact) mass is 480 g/mol. The number of ether oxygens (including phenoxy) is 1. The third kappa shape index (κ3) is 5.50. The number of hydrogen-bond acceptors (Lipinski definition) is 5. The van der Waals surface area contributed by atoms with E-state index >= 15 is 0 Å². The standard InChI is InChI=1S/C19H18BrClN4O2S/c1-12(27-16-5-3-4-14(21)10-16)18-23-24-19(25(18)2)28-11-17(26)22-15-8-6-13(20)7-9-15/h3-10,12H,11H2,1-2H3,(H,22,26). The highest BCUT2D eigenvalue weighted by Gasteiger charge is 2.18. The number of halogens is 2. The molecule has 1 heterocycles. The van der Waals surface area contributed by atoms with Crippen LogP contribution in [-0.4, -0.2) is 26.4 Å². The molecule has 0 fully saturated rings. The number of carbonyl (C=O) groups excluding carboxylic acids is 1. The number of nitrogens with one attached hydrogen (secondary N) is 1. The van der Waals surface area contributed by atoms with Gasteiger partial charge in [0.05, 0.1) is 5.75 Å². The molecule has 1 N–H and O–H groups in total. The van der Waals surface area contributed by atoms with Crippen LogP contribution in [0, 0.1) is 0 Å². The van der Waals surface area contributed by atoms with Crippen LogP contribution >= 0.6 is 39.3 Å². The number of hydrogen-bond donors (Lipinski definition) is 1. The maximum atomic E-state index is 12.2. The molecule has 0 radical (unpaired) electrons. The van der Waals surface area contributed by atoms with Gasteiger partial charge in [0.2, 0.25) is 5.91 Å². The highest BCUT2D eigenvalue weighted by Crippen LogP contribution is 2.25. The average Bonchev–Trinajstić information content (AvgIpc) is 3.02. The van der Waals surface area contributed by atoms with Crippen LogP contribution in [0.2, 0.25) is 5.02 Å². The van der Waals surface area contributed by atoms with Crippen molar-refractivity contribution in [3.05, 3.63) is 63.9 Å². The van der Waals surface area contributed by atoms with E-state index in [0.717, 1.165) is 10.2 Å². The molecule has 0 saturated carbocycles. The van der Waals surface area contributed by atoms with E-state index in [1.807, 2.05) is 54.9 Å². The SMILES string of the molecule is CC(Oc1cccc(Cl)c1)c1nnc(SCC(=O)Nc2ccc(Br)cc2)n1C. The van der Waals surface area contributed by atoms with Crippen LogP contribution in [-0.2, 0) is 11.8 Å². The van der Waals surface area contributed by atoms with Gasteiger partial charge in [0.1, 0.15) is 5.75 Å². The Kier molecular flexibility index (Phi) is 6.98. The van der Waals surface area contributed by atoms with Gasteiger partial charge in [-0.05, 0) is 49.4 Å². The van der Waals surface area contributed by atoms with Gasteiger partial charge in [-0.2, -0.15) is 0 Å². The molecule has 0 aliphatic heterocycles. The molecule has 1 unspecified atom stereocenters. The van der Waals surface area contributed by atoms with Crippen LogP contribution < -0.4 is 10.1 Å². The molecule has 28 heavy (non-hydrogen) atoms. The van der Waals surface area contributed by atoms with Crippen LogP contribution in [0.3, 0.4) is 0 Å². The van der Waals surface area contributed by atoms with Crippen molar-refractivity contribution in [3.63, 3.8) is 0 Å². The fourth-order valence-corrected chi connectivity index (χ4v) is 3.63. The zero-order valence-corrected chi connectivity index (χ0v) is 18.4. The van der Waals surface area contributed by atoms with E-state index in [0.29, 0.717) is 21.8 Å².